The number of hydrogen-bond donors (Lipinski definition) is 2. The van der Waals surface area contributed by atoms with Crippen LogP contribution in [0.25, 0.3) is 0 Å². The molecule has 16 heavy (non-hydrogen) atoms. The molecule has 5 nitrogen and oxygen atoms in total. The van der Waals surface area contributed by atoms with Crippen molar-refractivity contribution in [3.05, 3.63) is 23.8 Å². The molecule has 88 valence electrons. The van der Waals surface area contributed by atoms with Crippen molar-refractivity contribution < 1.29 is 19.4 Å². The minimum Gasteiger partial charge on any atom is -0.493 e. The number of methoxy groups -OCH3 is 2. The SMILES string of the molecule is CNC(C(=O)O)c1cccc(OC)c1OC. The third-order valence-corrected chi connectivity index (χ3v) is 2.28. The molecule has 0 saturated carbocycles. The van der Waals surface area contributed by atoms with Crippen LogP contribution in [0.3, 0.4) is 0 Å². The Balaban J connectivity index is 3.25. The van der Waals surface area contributed by atoms with Crippen molar-refractivity contribution in [3.8, 4) is 11.5 Å². The summed E-state index contributed by atoms with van der Waals surface area (Å²) in [5.41, 5.74) is 0.539. The van der Waals surface area contributed by atoms with Crippen molar-refractivity contribution in [2.45, 2.75) is 6.04 Å². The van der Waals surface area contributed by atoms with Crippen LogP contribution >= 0.6 is 0 Å². The highest BCUT2D eigenvalue weighted by molar-refractivity contribution is 5.77. The van der Waals surface area contributed by atoms with Crippen molar-refractivity contribution in [1.82, 2.24) is 5.32 Å². The quantitative estimate of drug-likeness (QED) is 0.784. The zero-order valence-corrected chi connectivity index (χ0v) is 9.48. The highest BCUT2D eigenvalue weighted by Gasteiger charge is 2.23. The van der Waals surface area contributed by atoms with Crippen molar-refractivity contribution in [2.75, 3.05) is 21.3 Å². The molecule has 0 aromatic heterocycles. The zero-order chi connectivity index (χ0) is 12.1. The van der Waals surface area contributed by atoms with Gasteiger partial charge in [-0.15, -0.1) is 0 Å². The first-order valence-corrected chi connectivity index (χ1v) is 4.76. The van der Waals surface area contributed by atoms with Crippen molar-refractivity contribution in [1.29, 1.82) is 0 Å². The van der Waals surface area contributed by atoms with Gasteiger partial charge in [0.15, 0.2) is 11.5 Å². The normalized spacial score (nSPS) is 11.9. The average molecular weight is 225 g/mol. The number of aliphatic carboxylic acids is 1. The third kappa shape index (κ3) is 2.25. The number of ether oxygens (including phenoxy) is 2. The largest absolute Gasteiger partial charge is 0.493 e. The molecule has 0 bridgehead atoms. The van der Waals surface area contributed by atoms with Gasteiger partial charge in [0.2, 0.25) is 0 Å². The maximum atomic E-state index is 11.0. The summed E-state index contributed by atoms with van der Waals surface area (Å²) in [6, 6.07) is 4.32. The minimum absolute atomic E-state index is 0.437. The first-order valence-electron chi connectivity index (χ1n) is 4.76. The standard InChI is InChI=1S/C11H15NO4/c1-12-9(11(13)14)7-5-4-6-8(15-2)10(7)16-3/h4-6,9,12H,1-3H3,(H,13,14). The van der Waals surface area contributed by atoms with Gasteiger partial charge in [0.1, 0.15) is 6.04 Å². The molecule has 1 aromatic carbocycles. The van der Waals surface area contributed by atoms with Crippen LogP contribution in [0.5, 0.6) is 11.5 Å². The summed E-state index contributed by atoms with van der Waals surface area (Å²) in [6.07, 6.45) is 0. The van der Waals surface area contributed by atoms with E-state index in [0.29, 0.717) is 17.1 Å². The van der Waals surface area contributed by atoms with Gasteiger partial charge in [-0.2, -0.15) is 0 Å². The van der Waals surface area contributed by atoms with Crippen LogP contribution < -0.4 is 14.8 Å². The highest BCUT2D eigenvalue weighted by atomic mass is 16.5. The number of hydrogen-bond acceptors (Lipinski definition) is 4. The number of carboxylic acid groups (broad SMARTS) is 1. The van der Waals surface area contributed by atoms with Crippen molar-refractivity contribution >= 4 is 5.97 Å². The molecule has 1 rings (SSSR count). The van der Waals surface area contributed by atoms with Gasteiger partial charge >= 0.3 is 5.97 Å². The second-order valence-electron chi connectivity index (χ2n) is 3.14. The second-order valence-corrected chi connectivity index (χ2v) is 3.14. The fourth-order valence-corrected chi connectivity index (χ4v) is 1.55. The Morgan fingerprint density at radius 2 is 2.06 bits per heavy atom. The van der Waals surface area contributed by atoms with E-state index in [4.69, 9.17) is 14.6 Å². The molecule has 0 amide bonds. The molecule has 0 heterocycles. The maximum Gasteiger partial charge on any atom is 0.325 e. The second kappa shape index (κ2) is 5.37. The first kappa shape index (κ1) is 12.3. The zero-order valence-electron chi connectivity index (χ0n) is 9.48. The van der Waals surface area contributed by atoms with E-state index in [0.717, 1.165) is 0 Å². The van der Waals surface area contributed by atoms with Gasteiger partial charge in [-0.25, -0.2) is 0 Å². The Labute approximate surface area is 94.0 Å². The summed E-state index contributed by atoms with van der Waals surface area (Å²) in [7, 11) is 4.57. The molecule has 0 aliphatic carbocycles. The Bertz CT molecular complexity index is 378. The van der Waals surface area contributed by atoms with E-state index < -0.39 is 12.0 Å². The Morgan fingerprint density at radius 3 is 2.50 bits per heavy atom. The summed E-state index contributed by atoms with van der Waals surface area (Å²) in [4.78, 5) is 11.0. The molecule has 1 aromatic rings. The van der Waals surface area contributed by atoms with Crippen LogP contribution in [0.4, 0.5) is 0 Å². The molecule has 5 heteroatoms. The number of benzene rings is 1. The molecule has 0 saturated heterocycles. The number of nitrogens with one attached hydrogen (secondary N) is 1. The number of para-hydroxylation sites is 1. The van der Waals surface area contributed by atoms with Crippen molar-refractivity contribution in [2.24, 2.45) is 0 Å². The molecule has 0 radical (unpaired) electrons. The number of carbonyl (C=O) groups is 1. The lowest BCUT2D eigenvalue weighted by Gasteiger charge is -2.17. The lowest BCUT2D eigenvalue weighted by molar-refractivity contribution is -0.139. The number of likely N-dealkylation sites (N-methyl/N-ethyl adjacent to an activating group) is 1. The molecular weight excluding hydrogens is 210 g/mol. The van der Waals surface area contributed by atoms with E-state index in [1.807, 2.05) is 0 Å². The smallest absolute Gasteiger partial charge is 0.325 e. The highest BCUT2D eigenvalue weighted by Crippen LogP contribution is 2.34. The monoisotopic (exact) mass is 225 g/mol. The topological polar surface area (TPSA) is 67.8 Å². The predicted molar refractivity (Wildman–Crippen MR) is 59.0 cm³/mol. The Hall–Kier alpha value is -1.75. The van der Waals surface area contributed by atoms with Gasteiger partial charge in [-0.3, -0.25) is 4.79 Å². The van der Waals surface area contributed by atoms with Crippen LogP contribution in [0.15, 0.2) is 18.2 Å². The lowest BCUT2D eigenvalue weighted by Crippen LogP contribution is -2.25. The van der Waals surface area contributed by atoms with Gasteiger partial charge in [0.25, 0.3) is 0 Å². The van der Waals surface area contributed by atoms with Crippen LogP contribution in [-0.4, -0.2) is 32.3 Å². The van der Waals surface area contributed by atoms with Crippen LogP contribution in [0.2, 0.25) is 0 Å². The van der Waals surface area contributed by atoms with Gasteiger partial charge < -0.3 is 19.9 Å². The third-order valence-electron chi connectivity index (χ3n) is 2.28. The Morgan fingerprint density at radius 1 is 1.38 bits per heavy atom. The van der Waals surface area contributed by atoms with Gasteiger partial charge in [0, 0.05) is 5.56 Å². The minimum atomic E-state index is -0.964. The fraction of sp³-hybridized carbons (Fsp3) is 0.364. The van der Waals surface area contributed by atoms with Gasteiger partial charge in [-0.05, 0) is 13.1 Å². The van der Waals surface area contributed by atoms with Crippen LogP contribution in [0, 0.1) is 0 Å². The summed E-state index contributed by atoms with van der Waals surface area (Å²) < 4.78 is 10.3. The first-order chi connectivity index (χ1) is 7.65. The molecule has 0 spiro atoms. The van der Waals surface area contributed by atoms with Crippen LogP contribution in [-0.2, 0) is 4.79 Å². The molecule has 1 atom stereocenters. The van der Waals surface area contributed by atoms with E-state index in [2.05, 4.69) is 5.32 Å². The summed E-state index contributed by atoms with van der Waals surface area (Å²) in [6.45, 7) is 0. The van der Waals surface area contributed by atoms with E-state index >= 15 is 0 Å². The van der Waals surface area contributed by atoms with Gasteiger partial charge in [-0.1, -0.05) is 12.1 Å². The molecule has 1 unspecified atom stereocenters. The van der Waals surface area contributed by atoms with E-state index in [1.165, 1.54) is 14.2 Å². The van der Waals surface area contributed by atoms with Crippen molar-refractivity contribution in [3.63, 3.8) is 0 Å². The molecule has 0 fully saturated rings. The molecule has 2 N–H and O–H groups in total. The number of rotatable bonds is 5. The van der Waals surface area contributed by atoms with Gasteiger partial charge in [0.05, 0.1) is 14.2 Å². The Kier molecular flexibility index (Phi) is 4.13. The summed E-state index contributed by atoms with van der Waals surface area (Å²) in [5, 5.41) is 11.8. The lowest BCUT2D eigenvalue weighted by atomic mass is 10.1. The fourth-order valence-electron chi connectivity index (χ4n) is 1.55. The van der Waals surface area contributed by atoms with Crippen LogP contribution in [0.1, 0.15) is 11.6 Å². The maximum absolute atomic E-state index is 11.0. The predicted octanol–water partition coefficient (Wildman–Crippen LogP) is 1.05. The molecule has 0 aliphatic rings. The molecular formula is C11H15NO4. The number of carboxylic acids is 1. The van der Waals surface area contributed by atoms with E-state index in [-0.39, 0.29) is 0 Å². The molecule has 0 aliphatic heterocycles. The summed E-state index contributed by atoms with van der Waals surface area (Å²) in [5.74, 6) is -0.0118. The summed E-state index contributed by atoms with van der Waals surface area (Å²) >= 11 is 0. The van der Waals surface area contributed by atoms with E-state index in [9.17, 15) is 4.79 Å². The average Bonchev–Trinajstić information content (AvgIpc) is 2.29. The van der Waals surface area contributed by atoms with E-state index in [1.54, 1.807) is 25.2 Å².